The zero-order valence-corrected chi connectivity index (χ0v) is 9.76. The van der Waals surface area contributed by atoms with Gasteiger partial charge in [-0.25, -0.2) is 4.79 Å². The first kappa shape index (κ1) is 11.3. The number of nitrogens with one attached hydrogen (secondary N) is 1. The van der Waals surface area contributed by atoms with Crippen LogP contribution < -0.4 is 5.32 Å². The van der Waals surface area contributed by atoms with E-state index in [1.165, 1.54) is 0 Å². The van der Waals surface area contributed by atoms with Crippen molar-refractivity contribution in [2.75, 3.05) is 0 Å². The molecule has 1 aliphatic rings. The Labute approximate surface area is 86.2 Å². The average Bonchev–Trinajstić information content (AvgIpc) is 2.61. The van der Waals surface area contributed by atoms with Crippen LogP contribution in [0.2, 0.25) is 0 Å². The summed E-state index contributed by atoms with van der Waals surface area (Å²) in [4.78, 5) is 11.3. The summed E-state index contributed by atoms with van der Waals surface area (Å²) in [6.45, 7) is 9.99. The van der Waals surface area contributed by atoms with Crippen molar-refractivity contribution in [1.82, 2.24) is 5.32 Å². The summed E-state index contributed by atoms with van der Waals surface area (Å²) in [7, 11) is 0. The second-order valence-corrected chi connectivity index (χ2v) is 5.40. The third-order valence-electron chi connectivity index (χ3n) is 2.40. The van der Waals surface area contributed by atoms with E-state index in [9.17, 15) is 4.79 Å². The maximum Gasteiger partial charge on any atom is 0.407 e. The molecule has 0 aromatic heterocycles. The normalized spacial score (nSPS) is 26.1. The highest BCUT2D eigenvalue weighted by molar-refractivity contribution is 5.68. The molecule has 0 spiro atoms. The summed E-state index contributed by atoms with van der Waals surface area (Å²) < 4.78 is 5.17. The highest BCUT2D eigenvalue weighted by Gasteiger charge is 2.40. The van der Waals surface area contributed by atoms with E-state index in [0.29, 0.717) is 17.9 Å². The zero-order chi connectivity index (χ0) is 10.9. The standard InChI is InChI=1S/C11H21NO2/c1-7(2)8-6-9(8)12-10(13)14-11(3,4)5/h7-9H,6H2,1-5H3,(H,12,13)/t8-,9-/m0/s1. The minimum atomic E-state index is -0.397. The van der Waals surface area contributed by atoms with E-state index >= 15 is 0 Å². The molecule has 1 fully saturated rings. The minimum absolute atomic E-state index is 0.286. The van der Waals surface area contributed by atoms with Crippen LogP contribution in [0.25, 0.3) is 0 Å². The lowest BCUT2D eigenvalue weighted by Crippen LogP contribution is -2.34. The van der Waals surface area contributed by atoms with Gasteiger partial charge in [-0.2, -0.15) is 0 Å². The number of alkyl carbamates (subject to hydrolysis) is 1. The molecule has 1 aliphatic carbocycles. The fraction of sp³-hybridized carbons (Fsp3) is 0.909. The van der Waals surface area contributed by atoms with Gasteiger partial charge in [0.15, 0.2) is 0 Å². The molecule has 0 heterocycles. The lowest BCUT2D eigenvalue weighted by atomic mass is 10.1. The summed E-state index contributed by atoms with van der Waals surface area (Å²) in [5.41, 5.74) is -0.397. The number of hydrogen-bond donors (Lipinski definition) is 1. The van der Waals surface area contributed by atoms with Gasteiger partial charge in [0.05, 0.1) is 0 Å². The molecule has 14 heavy (non-hydrogen) atoms. The number of amides is 1. The lowest BCUT2D eigenvalue weighted by molar-refractivity contribution is 0.0520. The van der Waals surface area contributed by atoms with Gasteiger partial charge in [-0.05, 0) is 39.0 Å². The number of carbonyl (C=O) groups is 1. The summed E-state index contributed by atoms with van der Waals surface area (Å²) in [6, 6.07) is 0.338. The summed E-state index contributed by atoms with van der Waals surface area (Å²) in [5.74, 6) is 1.29. The van der Waals surface area contributed by atoms with Crippen LogP contribution in [-0.2, 0) is 4.74 Å². The van der Waals surface area contributed by atoms with Crippen LogP contribution in [0, 0.1) is 11.8 Å². The Morgan fingerprint density at radius 1 is 1.43 bits per heavy atom. The van der Waals surface area contributed by atoms with Crippen molar-refractivity contribution in [1.29, 1.82) is 0 Å². The van der Waals surface area contributed by atoms with E-state index in [2.05, 4.69) is 19.2 Å². The van der Waals surface area contributed by atoms with E-state index in [1.807, 2.05) is 20.8 Å². The molecule has 0 bridgehead atoms. The number of ether oxygens (including phenoxy) is 1. The van der Waals surface area contributed by atoms with Crippen LogP contribution in [0.1, 0.15) is 41.0 Å². The van der Waals surface area contributed by atoms with E-state index in [4.69, 9.17) is 4.74 Å². The molecule has 1 amide bonds. The van der Waals surface area contributed by atoms with Gasteiger partial charge in [-0.15, -0.1) is 0 Å². The topological polar surface area (TPSA) is 38.3 Å². The fourth-order valence-corrected chi connectivity index (χ4v) is 1.58. The Morgan fingerprint density at radius 2 is 2.00 bits per heavy atom. The molecule has 1 rings (SSSR count). The number of rotatable bonds is 2. The van der Waals surface area contributed by atoms with Gasteiger partial charge in [0.25, 0.3) is 0 Å². The van der Waals surface area contributed by atoms with Crippen molar-refractivity contribution in [2.45, 2.75) is 52.7 Å². The van der Waals surface area contributed by atoms with Gasteiger partial charge >= 0.3 is 6.09 Å². The van der Waals surface area contributed by atoms with Crippen molar-refractivity contribution >= 4 is 6.09 Å². The van der Waals surface area contributed by atoms with Crippen molar-refractivity contribution < 1.29 is 9.53 Å². The Morgan fingerprint density at radius 3 is 2.36 bits per heavy atom. The van der Waals surface area contributed by atoms with Gasteiger partial charge in [-0.1, -0.05) is 13.8 Å². The van der Waals surface area contributed by atoms with Crippen molar-refractivity contribution in [2.24, 2.45) is 11.8 Å². The van der Waals surface area contributed by atoms with Gasteiger partial charge < -0.3 is 10.1 Å². The number of carbonyl (C=O) groups excluding carboxylic acids is 1. The van der Waals surface area contributed by atoms with Gasteiger partial charge in [-0.3, -0.25) is 0 Å². The molecule has 3 nitrogen and oxygen atoms in total. The van der Waals surface area contributed by atoms with E-state index in [0.717, 1.165) is 6.42 Å². The molecule has 1 N–H and O–H groups in total. The van der Waals surface area contributed by atoms with Gasteiger partial charge in [0.2, 0.25) is 0 Å². The highest BCUT2D eigenvalue weighted by Crippen LogP contribution is 2.37. The van der Waals surface area contributed by atoms with Crippen molar-refractivity contribution in [3.63, 3.8) is 0 Å². The Kier molecular flexibility index (Phi) is 3.07. The average molecular weight is 199 g/mol. The van der Waals surface area contributed by atoms with Crippen LogP contribution in [0.4, 0.5) is 4.79 Å². The molecular weight excluding hydrogens is 178 g/mol. The number of hydrogen-bond acceptors (Lipinski definition) is 2. The van der Waals surface area contributed by atoms with Crippen LogP contribution in [0.15, 0.2) is 0 Å². The van der Waals surface area contributed by atoms with Gasteiger partial charge in [0, 0.05) is 6.04 Å². The molecule has 0 aromatic carbocycles. The molecule has 0 unspecified atom stereocenters. The Bertz CT molecular complexity index is 218. The molecule has 0 radical (unpaired) electrons. The first-order valence-corrected chi connectivity index (χ1v) is 5.29. The molecule has 0 aliphatic heterocycles. The quantitative estimate of drug-likeness (QED) is 0.742. The summed E-state index contributed by atoms with van der Waals surface area (Å²) in [6.07, 6.45) is 0.808. The van der Waals surface area contributed by atoms with Gasteiger partial charge in [0.1, 0.15) is 5.60 Å². The Balaban J connectivity index is 2.24. The molecule has 1 saturated carbocycles. The molecule has 3 heteroatoms. The Hall–Kier alpha value is -0.730. The van der Waals surface area contributed by atoms with Crippen LogP contribution in [0.3, 0.4) is 0 Å². The van der Waals surface area contributed by atoms with Crippen molar-refractivity contribution in [3.8, 4) is 0 Å². The third kappa shape index (κ3) is 3.56. The second kappa shape index (κ2) is 3.79. The van der Waals surface area contributed by atoms with E-state index < -0.39 is 5.60 Å². The molecule has 2 atom stereocenters. The van der Waals surface area contributed by atoms with Crippen LogP contribution in [0.5, 0.6) is 0 Å². The molecular formula is C11H21NO2. The second-order valence-electron chi connectivity index (χ2n) is 5.40. The van der Waals surface area contributed by atoms with E-state index in [1.54, 1.807) is 0 Å². The molecule has 0 aromatic rings. The SMILES string of the molecule is CC(C)[C@@H]1C[C@@H]1NC(=O)OC(C)(C)C. The third-order valence-corrected chi connectivity index (χ3v) is 2.40. The first-order valence-electron chi connectivity index (χ1n) is 5.29. The summed E-state index contributed by atoms with van der Waals surface area (Å²) in [5, 5.41) is 2.88. The predicted octanol–water partition coefficient (Wildman–Crippen LogP) is 2.56. The highest BCUT2D eigenvalue weighted by atomic mass is 16.6. The van der Waals surface area contributed by atoms with E-state index in [-0.39, 0.29) is 6.09 Å². The first-order chi connectivity index (χ1) is 6.29. The predicted molar refractivity (Wildman–Crippen MR) is 56.1 cm³/mol. The van der Waals surface area contributed by atoms with Crippen LogP contribution in [-0.4, -0.2) is 17.7 Å². The molecule has 82 valence electrons. The summed E-state index contributed by atoms with van der Waals surface area (Å²) >= 11 is 0. The monoisotopic (exact) mass is 199 g/mol. The smallest absolute Gasteiger partial charge is 0.407 e. The van der Waals surface area contributed by atoms with Crippen LogP contribution >= 0.6 is 0 Å². The molecule has 0 saturated heterocycles. The maximum absolute atomic E-state index is 11.3. The largest absolute Gasteiger partial charge is 0.444 e. The fourth-order valence-electron chi connectivity index (χ4n) is 1.58. The zero-order valence-electron chi connectivity index (χ0n) is 9.76. The van der Waals surface area contributed by atoms with Crippen molar-refractivity contribution in [3.05, 3.63) is 0 Å². The minimum Gasteiger partial charge on any atom is -0.444 e. The maximum atomic E-state index is 11.3. The lowest BCUT2D eigenvalue weighted by Gasteiger charge is -2.19.